The summed E-state index contributed by atoms with van der Waals surface area (Å²) in [5.41, 5.74) is 0.397. The molecule has 0 N–H and O–H groups in total. The number of likely N-dealkylation sites (tertiary alicyclic amines) is 1. The fourth-order valence-electron chi connectivity index (χ4n) is 4.32. The molecule has 25 heavy (non-hydrogen) atoms. The maximum atomic E-state index is 14.5. The van der Waals surface area contributed by atoms with E-state index >= 15 is 0 Å². The fourth-order valence-corrected chi connectivity index (χ4v) is 4.32. The lowest BCUT2D eigenvalue weighted by atomic mass is 9.77. The van der Waals surface area contributed by atoms with Crippen LogP contribution in [-0.2, 0) is 14.3 Å². The molecule has 5 nitrogen and oxygen atoms in total. The summed E-state index contributed by atoms with van der Waals surface area (Å²) >= 11 is 0. The molecule has 3 fully saturated rings. The molecule has 6 heteroatoms. The Morgan fingerprint density at radius 1 is 1.00 bits per heavy atom. The van der Waals surface area contributed by atoms with Gasteiger partial charge in [-0.15, -0.1) is 0 Å². The predicted molar refractivity (Wildman–Crippen MR) is 90.6 cm³/mol. The molecule has 3 heterocycles. The third kappa shape index (κ3) is 3.07. The number of nitrogens with zero attached hydrogens (tertiary/aromatic N) is 2. The summed E-state index contributed by atoms with van der Waals surface area (Å²) in [6.07, 6.45) is 2.78. The second-order valence-corrected chi connectivity index (χ2v) is 7.15. The van der Waals surface area contributed by atoms with Crippen LogP contribution in [0.5, 0.6) is 0 Å². The maximum absolute atomic E-state index is 14.5. The van der Waals surface area contributed by atoms with Crippen LogP contribution in [0, 0.1) is 5.82 Å². The van der Waals surface area contributed by atoms with Crippen LogP contribution in [0.2, 0.25) is 0 Å². The van der Waals surface area contributed by atoms with E-state index in [1.54, 1.807) is 18.2 Å². The number of benzene rings is 1. The van der Waals surface area contributed by atoms with Crippen molar-refractivity contribution in [2.24, 2.45) is 0 Å². The molecule has 1 aromatic rings. The lowest BCUT2D eigenvalue weighted by Crippen LogP contribution is -2.66. The molecular formula is C19H25FN2O3. The zero-order valence-electron chi connectivity index (χ0n) is 14.5. The van der Waals surface area contributed by atoms with Crippen LogP contribution < -0.4 is 0 Å². The number of carbonyl (C=O) groups is 1. The Balaban J connectivity index is 1.63. The summed E-state index contributed by atoms with van der Waals surface area (Å²) in [6, 6.07) is 6.09. The molecule has 1 unspecified atom stereocenters. The third-order valence-electron chi connectivity index (χ3n) is 5.91. The Hall–Kier alpha value is -1.50. The van der Waals surface area contributed by atoms with Crippen LogP contribution in [0.15, 0.2) is 24.3 Å². The Bertz CT molecular complexity index is 627. The molecule has 0 bridgehead atoms. The molecule has 1 aromatic carbocycles. The van der Waals surface area contributed by atoms with Gasteiger partial charge in [0.1, 0.15) is 11.9 Å². The zero-order chi connectivity index (χ0) is 17.3. The van der Waals surface area contributed by atoms with Crippen LogP contribution in [0.1, 0.15) is 30.9 Å². The van der Waals surface area contributed by atoms with Crippen LogP contribution in [-0.4, -0.2) is 67.3 Å². The van der Waals surface area contributed by atoms with Gasteiger partial charge in [-0.1, -0.05) is 18.2 Å². The van der Waals surface area contributed by atoms with Crippen LogP contribution in [0.3, 0.4) is 0 Å². The Morgan fingerprint density at radius 3 is 2.32 bits per heavy atom. The Morgan fingerprint density at radius 2 is 1.68 bits per heavy atom. The van der Waals surface area contributed by atoms with Crippen molar-refractivity contribution in [1.29, 1.82) is 0 Å². The van der Waals surface area contributed by atoms with Gasteiger partial charge in [0.2, 0.25) is 5.91 Å². The normalized spacial score (nSPS) is 24.8. The molecule has 1 amide bonds. The van der Waals surface area contributed by atoms with Crippen molar-refractivity contribution in [3.63, 3.8) is 0 Å². The van der Waals surface area contributed by atoms with E-state index in [2.05, 4.69) is 4.90 Å². The first-order chi connectivity index (χ1) is 12.2. The Kier molecular flexibility index (Phi) is 4.75. The predicted octanol–water partition coefficient (Wildman–Crippen LogP) is 1.98. The number of ether oxygens (including phenoxy) is 2. The van der Waals surface area contributed by atoms with E-state index in [0.29, 0.717) is 45.1 Å². The van der Waals surface area contributed by atoms with Crippen LogP contribution in [0.4, 0.5) is 4.39 Å². The highest BCUT2D eigenvalue weighted by Crippen LogP contribution is 2.42. The quantitative estimate of drug-likeness (QED) is 0.838. The van der Waals surface area contributed by atoms with Gasteiger partial charge in [0.05, 0.1) is 13.2 Å². The van der Waals surface area contributed by atoms with Gasteiger partial charge in [-0.2, -0.15) is 0 Å². The minimum absolute atomic E-state index is 0.0279. The van der Waals surface area contributed by atoms with Crippen molar-refractivity contribution >= 4 is 5.91 Å². The van der Waals surface area contributed by atoms with Crippen molar-refractivity contribution < 1.29 is 18.7 Å². The van der Waals surface area contributed by atoms with Gasteiger partial charge in [0.15, 0.2) is 0 Å². The van der Waals surface area contributed by atoms with Crippen molar-refractivity contribution in [2.75, 3.05) is 46.1 Å². The average molecular weight is 348 g/mol. The molecule has 136 valence electrons. The number of amides is 1. The van der Waals surface area contributed by atoms with E-state index in [1.165, 1.54) is 6.07 Å². The summed E-state index contributed by atoms with van der Waals surface area (Å²) in [5.74, 6) is -0.283. The van der Waals surface area contributed by atoms with Gasteiger partial charge in [-0.05, 0) is 25.3 Å². The van der Waals surface area contributed by atoms with Crippen LogP contribution in [0.25, 0.3) is 0 Å². The summed E-state index contributed by atoms with van der Waals surface area (Å²) in [5, 5.41) is 0. The molecule has 4 rings (SSSR count). The largest absolute Gasteiger partial charge is 0.381 e. The fraction of sp³-hybridized carbons (Fsp3) is 0.632. The first-order valence-corrected chi connectivity index (χ1v) is 9.17. The topological polar surface area (TPSA) is 42.0 Å². The number of morpholine rings is 1. The molecule has 0 radical (unpaired) electrons. The summed E-state index contributed by atoms with van der Waals surface area (Å²) in [4.78, 5) is 17.5. The standard InChI is InChI=1S/C19H25FN2O3/c20-16-4-2-1-3-15(16)17(21-9-13-25-14-10-21)18(23)22-8-5-19(22)6-11-24-12-7-19/h1-4,17H,5-14H2. The van der Waals surface area contributed by atoms with Crippen molar-refractivity contribution in [1.82, 2.24) is 9.80 Å². The summed E-state index contributed by atoms with van der Waals surface area (Å²) in [6.45, 7) is 4.61. The second kappa shape index (κ2) is 7.02. The van der Waals surface area contributed by atoms with Gasteiger partial charge in [-0.3, -0.25) is 9.69 Å². The number of halogens is 1. The lowest BCUT2D eigenvalue weighted by Gasteiger charge is -2.56. The van der Waals surface area contributed by atoms with Crippen molar-refractivity contribution in [2.45, 2.75) is 30.8 Å². The molecule has 3 aliphatic rings. The van der Waals surface area contributed by atoms with Gasteiger partial charge >= 0.3 is 0 Å². The van der Waals surface area contributed by atoms with E-state index < -0.39 is 6.04 Å². The molecule has 1 spiro atoms. The van der Waals surface area contributed by atoms with Crippen molar-refractivity contribution in [3.05, 3.63) is 35.6 Å². The monoisotopic (exact) mass is 348 g/mol. The van der Waals surface area contributed by atoms with Gasteiger partial charge < -0.3 is 14.4 Å². The average Bonchev–Trinajstić information content (AvgIpc) is 2.64. The lowest BCUT2D eigenvalue weighted by molar-refractivity contribution is -0.164. The molecule has 3 saturated heterocycles. The first-order valence-electron chi connectivity index (χ1n) is 9.17. The molecule has 0 saturated carbocycles. The van der Waals surface area contributed by atoms with E-state index in [0.717, 1.165) is 25.8 Å². The van der Waals surface area contributed by atoms with Gasteiger partial charge in [0.25, 0.3) is 0 Å². The summed E-state index contributed by atoms with van der Waals surface area (Å²) in [7, 11) is 0. The minimum Gasteiger partial charge on any atom is -0.381 e. The molecular weight excluding hydrogens is 323 g/mol. The number of carbonyl (C=O) groups excluding carboxylic acids is 1. The van der Waals surface area contributed by atoms with E-state index in [-0.39, 0.29) is 17.3 Å². The van der Waals surface area contributed by atoms with Crippen molar-refractivity contribution in [3.8, 4) is 0 Å². The molecule has 0 aliphatic carbocycles. The number of rotatable bonds is 3. The van der Waals surface area contributed by atoms with Gasteiger partial charge in [-0.25, -0.2) is 4.39 Å². The highest BCUT2D eigenvalue weighted by atomic mass is 19.1. The molecule has 1 atom stereocenters. The Labute approximate surface area is 147 Å². The third-order valence-corrected chi connectivity index (χ3v) is 5.91. The van der Waals surface area contributed by atoms with E-state index in [9.17, 15) is 9.18 Å². The van der Waals surface area contributed by atoms with E-state index in [1.807, 2.05) is 4.90 Å². The number of hydrogen-bond acceptors (Lipinski definition) is 4. The summed E-state index contributed by atoms with van der Waals surface area (Å²) < 4.78 is 25.4. The highest BCUT2D eigenvalue weighted by molar-refractivity contribution is 5.85. The minimum atomic E-state index is -0.565. The SMILES string of the molecule is O=C(C(c1ccccc1F)N1CCOCC1)N1CCC12CCOCC2. The molecule has 3 aliphatic heterocycles. The first kappa shape index (κ1) is 16.9. The number of hydrogen-bond donors (Lipinski definition) is 0. The molecule has 0 aromatic heterocycles. The van der Waals surface area contributed by atoms with Gasteiger partial charge in [0, 0.05) is 44.0 Å². The maximum Gasteiger partial charge on any atom is 0.245 e. The smallest absolute Gasteiger partial charge is 0.245 e. The van der Waals surface area contributed by atoms with Crippen LogP contribution >= 0.6 is 0 Å². The second-order valence-electron chi connectivity index (χ2n) is 7.15. The highest BCUT2D eigenvalue weighted by Gasteiger charge is 2.50. The van der Waals surface area contributed by atoms with E-state index in [4.69, 9.17) is 9.47 Å². The zero-order valence-corrected chi connectivity index (χ0v) is 14.5.